The van der Waals surface area contributed by atoms with Crippen molar-refractivity contribution >= 4 is 33.3 Å². The molecule has 152 valence electrons. The van der Waals surface area contributed by atoms with Crippen LogP contribution in [0.5, 0.6) is 0 Å². The van der Waals surface area contributed by atoms with Crippen LogP contribution in [0.4, 0.5) is 5.69 Å². The smallest absolute Gasteiger partial charge is 0.340 e. The van der Waals surface area contributed by atoms with Crippen LogP contribution in [0.15, 0.2) is 70.2 Å². The third kappa shape index (κ3) is 5.60. The quantitative estimate of drug-likeness (QED) is 0.524. The Morgan fingerprint density at radius 1 is 1.14 bits per heavy atom. The maximum Gasteiger partial charge on any atom is 0.340 e. The van der Waals surface area contributed by atoms with Gasteiger partial charge in [-0.05, 0) is 29.8 Å². The van der Waals surface area contributed by atoms with E-state index in [-0.39, 0.29) is 28.6 Å². The van der Waals surface area contributed by atoms with Gasteiger partial charge in [0.05, 0.1) is 35.7 Å². The molecule has 2 aromatic carbocycles. The molecule has 0 saturated carbocycles. The van der Waals surface area contributed by atoms with Crippen LogP contribution < -0.4 is 10.5 Å². The Kier molecular flexibility index (Phi) is 6.58. The third-order valence-electron chi connectivity index (χ3n) is 4.10. The number of rotatable bonds is 8. The van der Waals surface area contributed by atoms with Crippen LogP contribution >= 0.6 is 11.6 Å². The molecule has 9 heteroatoms. The first kappa shape index (κ1) is 20.9. The molecule has 3 rings (SSSR count). The number of halogens is 1. The summed E-state index contributed by atoms with van der Waals surface area (Å²) in [6.45, 7) is 0.399. The Bertz CT molecular complexity index is 1080. The molecule has 7 nitrogen and oxygen atoms in total. The zero-order valence-electron chi connectivity index (χ0n) is 15.3. The summed E-state index contributed by atoms with van der Waals surface area (Å²) in [4.78, 5) is 12.3. The molecule has 0 atom stereocenters. The summed E-state index contributed by atoms with van der Waals surface area (Å²) in [5.74, 6) is -0.0653. The minimum Gasteiger partial charge on any atom is -0.467 e. The number of furan rings is 1. The first-order valence-electron chi connectivity index (χ1n) is 8.68. The van der Waals surface area contributed by atoms with Gasteiger partial charge in [0, 0.05) is 6.42 Å². The highest BCUT2D eigenvalue weighted by molar-refractivity contribution is 7.89. The molecule has 0 spiro atoms. The molecule has 29 heavy (non-hydrogen) atoms. The van der Waals surface area contributed by atoms with Crippen molar-refractivity contribution in [3.05, 3.63) is 82.8 Å². The number of hydrogen-bond donors (Lipinski definition) is 2. The Hall–Kier alpha value is -2.81. The molecule has 0 saturated heterocycles. The summed E-state index contributed by atoms with van der Waals surface area (Å²) in [6, 6.07) is 15.5. The minimum atomic E-state index is -4.11. The predicted octanol–water partition coefficient (Wildman–Crippen LogP) is 3.59. The van der Waals surface area contributed by atoms with Crippen molar-refractivity contribution in [1.29, 1.82) is 0 Å². The highest BCUT2D eigenvalue weighted by Gasteiger charge is 2.21. The van der Waals surface area contributed by atoms with Crippen LogP contribution in [0.1, 0.15) is 21.7 Å². The van der Waals surface area contributed by atoms with E-state index in [9.17, 15) is 13.2 Å². The van der Waals surface area contributed by atoms with E-state index < -0.39 is 16.0 Å². The number of primary sulfonamides is 1. The Labute approximate surface area is 173 Å². The lowest BCUT2D eigenvalue weighted by Gasteiger charge is -2.14. The summed E-state index contributed by atoms with van der Waals surface area (Å²) in [5.41, 5.74) is 1.33. The SMILES string of the molecule is NS(=O)(=O)c1cc(C(=O)OCCc2ccccc2)c(NCc2ccco2)cc1Cl. The number of sulfonamides is 1. The number of hydrogen-bond acceptors (Lipinski definition) is 6. The average Bonchev–Trinajstić information content (AvgIpc) is 3.19. The van der Waals surface area contributed by atoms with Crippen molar-refractivity contribution < 1.29 is 22.4 Å². The average molecular weight is 435 g/mol. The number of nitrogens with two attached hydrogens (primary N) is 1. The second-order valence-electron chi connectivity index (χ2n) is 6.18. The fourth-order valence-electron chi connectivity index (χ4n) is 2.67. The molecule has 0 aliphatic rings. The van der Waals surface area contributed by atoms with E-state index in [4.69, 9.17) is 25.9 Å². The van der Waals surface area contributed by atoms with Gasteiger partial charge in [-0.1, -0.05) is 41.9 Å². The van der Waals surface area contributed by atoms with Crippen LogP contribution in [-0.4, -0.2) is 21.0 Å². The lowest BCUT2D eigenvalue weighted by molar-refractivity contribution is 0.0510. The molecule has 0 amide bonds. The highest BCUT2D eigenvalue weighted by atomic mass is 35.5. The van der Waals surface area contributed by atoms with Crippen molar-refractivity contribution in [3.8, 4) is 0 Å². The van der Waals surface area contributed by atoms with Crippen molar-refractivity contribution in [2.75, 3.05) is 11.9 Å². The third-order valence-corrected chi connectivity index (χ3v) is 5.47. The highest BCUT2D eigenvalue weighted by Crippen LogP contribution is 2.29. The van der Waals surface area contributed by atoms with Gasteiger partial charge in [-0.3, -0.25) is 0 Å². The maximum absolute atomic E-state index is 12.6. The maximum atomic E-state index is 12.6. The molecule has 0 bridgehead atoms. The monoisotopic (exact) mass is 434 g/mol. The van der Waals surface area contributed by atoms with Crippen molar-refractivity contribution in [1.82, 2.24) is 0 Å². The summed E-state index contributed by atoms with van der Waals surface area (Å²) in [6.07, 6.45) is 2.05. The molecule has 1 aromatic heterocycles. The fraction of sp³-hybridized carbons (Fsp3) is 0.150. The molecule has 0 unspecified atom stereocenters. The lowest BCUT2D eigenvalue weighted by Crippen LogP contribution is -2.17. The van der Waals surface area contributed by atoms with E-state index in [0.717, 1.165) is 11.6 Å². The van der Waals surface area contributed by atoms with Crippen molar-refractivity contribution in [2.24, 2.45) is 5.14 Å². The van der Waals surface area contributed by atoms with E-state index in [2.05, 4.69) is 5.32 Å². The van der Waals surface area contributed by atoms with E-state index in [1.54, 1.807) is 12.1 Å². The second-order valence-corrected chi connectivity index (χ2v) is 8.11. The van der Waals surface area contributed by atoms with Crippen LogP contribution in [0, 0.1) is 0 Å². The van der Waals surface area contributed by atoms with Gasteiger partial charge in [0.2, 0.25) is 10.0 Å². The molecule has 3 aromatic rings. The largest absolute Gasteiger partial charge is 0.467 e. The molecule has 0 aliphatic heterocycles. The summed E-state index contributed by atoms with van der Waals surface area (Å²) in [5, 5.41) is 8.11. The number of ether oxygens (including phenoxy) is 1. The summed E-state index contributed by atoms with van der Waals surface area (Å²) < 4.78 is 34.2. The van der Waals surface area contributed by atoms with Gasteiger partial charge in [0.15, 0.2) is 0 Å². The predicted molar refractivity (Wildman–Crippen MR) is 109 cm³/mol. The van der Waals surface area contributed by atoms with Gasteiger partial charge < -0.3 is 14.5 Å². The fourth-order valence-corrected chi connectivity index (χ4v) is 3.77. The number of benzene rings is 2. The van der Waals surface area contributed by atoms with Crippen LogP contribution in [-0.2, 0) is 27.7 Å². The topological polar surface area (TPSA) is 112 Å². The van der Waals surface area contributed by atoms with Crippen molar-refractivity contribution in [3.63, 3.8) is 0 Å². The Morgan fingerprint density at radius 2 is 1.90 bits per heavy atom. The first-order valence-corrected chi connectivity index (χ1v) is 10.6. The van der Waals surface area contributed by atoms with Gasteiger partial charge in [-0.15, -0.1) is 0 Å². The number of nitrogens with one attached hydrogen (secondary N) is 1. The van der Waals surface area contributed by atoms with E-state index in [1.807, 2.05) is 30.3 Å². The molecule has 0 fully saturated rings. The van der Waals surface area contributed by atoms with Gasteiger partial charge in [0.25, 0.3) is 0 Å². The van der Waals surface area contributed by atoms with Crippen molar-refractivity contribution in [2.45, 2.75) is 17.9 Å². The number of anilines is 1. The van der Waals surface area contributed by atoms with Gasteiger partial charge in [0.1, 0.15) is 10.7 Å². The number of carbonyl (C=O) groups is 1. The van der Waals surface area contributed by atoms with Crippen LogP contribution in [0.25, 0.3) is 0 Å². The summed E-state index contributed by atoms with van der Waals surface area (Å²) in [7, 11) is -4.11. The van der Waals surface area contributed by atoms with E-state index in [1.165, 1.54) is 12.3 Å². The lowest BCUT2D eigenvalue weighted by atomic mass is 10.1. The molecular formula is C20H19ClN2O5S. The van der Waals surface area contributed by atoms with Gasteiger partial charge in [-0.25, -0.2) is 18.4 Å². The second kappa shape index (κ2) is 9.13. The number of esters is 1. The minimum absolute atomic E-state index is 0.0121. The molecule has 3 N–H and O–H groups in total. The first-order chi connectivity index (χ1) is 13.8. The summed E-state index contributed by atoms with van der Waals surface area (Å²) >= 11 is 6.06. The zero-order valence-corrected chi connectivity index (χ0v) is 16.9. The Balaban J connectivity index is 1.81. The van der Waals surface area contributed by atoms with Crippen LogP contribution in [0.3, 0.4) is 0 Å². The molecular weight excluding hydrogens is 416 g/mol. The zero-order chi connectivity index (χ0) is 20.9. The van der Waals surface area contributed by atoms with E-state index in [0.29, 0.717) is 17.9 Å². The molecule has 0 radical (unpaired) electrons. The molecule has 1 heterocycles. The standard InChI is InChI=1S/C20H19ClN2O5S/c21-17-12-18(23-13-15-7-4-9-27-15)16(11-19(17)29(22,25)26)20(24)28-10-8-14-5-2-1-3-6-14/h1-7,9,11-12,23H,8,10,13H2,(H2,22,25,26). The molecule has 0 aliphatic carbocycles. The normalized spacial score (nSPS) is 11.2. The number of carbonyl (C=O) groups excluding carboxylic acids is 1. The van der Waals surface area contributed by atoms with Gasteiger partial charge >= 0.3 is 5.97 Å². The van der Waals surface area contributed by atoms with E-state index >= 15 is 0 Å². The van der Waals surface area contributed by atoms with Gasteiger partial charge in [-0.2, -0.15) is 0 Å². The van der Waals surface area contributed by atoms with Crippen LogP contribution in [0.2, 0.25) is 5.02 Å². The Morgan fingerprint density at radius 3 is 2.55 bits per heavy atom.